The smallest absolute Gasteiger partial charge is 0.256 e. The van der Waals surface area contributed by atoms with Crippen LogP contribution in [0.25, 0.3) is 0 Å². The highest BCUT2D eigenvalue weighted by atomic mass is 127. The molecule has 0 unspecified atom stereocenters. The molecule has 2 rings (SSSR count). The van der Waals surface area contributed by atoms with E-state index in [1.54, 1.807) is 18.2 Å². The molecule has 0 spiro atoms. The Morgan fingerprint density at radius 1 is 1.30 bits per heavy atom. The number of amides is 1. The number of rotatable bonds is 3. The largest absolute Gasteiger partial charge is 0.497 e. The van der Waals surface area contributed by atoms with E-state index < -0.39 is 0 Å². The molecule has 0 heterocycles. The van der Waals surface area contributed by atoms with Gasteiger partial charge in [0.05, 0.1) is 24.0 Å². The topological polar surface area (TPSA) is 64.3 Å². The number of halogens is 2. The van der Waals surface area contributed by atoms with E-state index in [9.17, 15) is 9.18 Å². The van der Waals surface area contributed by atoms with E-state index in [0.717, 1.165) is 0 Å². The minimum Gasteiger partial charge on any atom is -0.497 e. The fourth-order valence-corrected chi connectivity index (χ4v) is 2.36. The van der Waals surface area contributed by atoms with Crippen LogP contribution in [0.4, 0.5) is 15.8 Å². The third-order valence-corrected chi connectivity index (χ3v) is 3.58. The summed E-state index contributed by atoms with van der Waals surface area (Å²) in [6, 6.07) is 8.94. The molecule has 2 aromatic rings. The Balaban J connectivity index is 2.27. The second-order valence-corrected chi connectivity index (χ2v) is 5.19. The maximum Gasteiger partial charge on any atom is 0.256 e. The van der Waals surface area contributed by atoms with Gasteiger partial charge in [-0.3, -0.25) is 4.79 Å². The van der Waals surface area contributed by atoms with E-state index in [4.69, 9.17) is 10.5 Å². The van der Waals surface area contributed by atoms with Crippen molar-refractivity contribution >= 4 is 39.9 Å². The molecule has 2 aromatic carbocycles. The lowest BCUT2D eigenvalue weighted by molar-refractivity contribution is 0.102. The number of nitrogen functional groups attached to an aromatic ring is 1. The van der Waals surface area contributed by atoms with Gasteiger partial charge in [-0.1, -0.05) is 0 Å². The lowest BCUT2D eigenvalue weighted by atomic mass is 10.2. The Morgan fingerprint density at radius 3 is 2.70 bits per heavy atom. The minimum absolute atomic E-state index is 0.352. The molecule has 20 heavy (non-hydrogen) atoms. The Kier molecular flexibility index (Phi) is 4.43. The van der Waals surface area contributed by atoms with Gasteiger partial charge in [-0.2, -0.15) is 0 Å². The number of hydrogen-bond donors (Lipinski definition) is 2. The van der Waals surface area contributed by atoms with Crippen LogP contribution in [0.15, 0.2) is 36.4 Å². The Bertz CT molecular complexity index is 662. The summed E-state index contributed by atoms with van der Waals surface area (Å²) in [5.74, 6) is -0.149. The third-order valence-electron chi connectivity index (χ3n) is 2.68. The maximum atomic E-state index is 13.0. The molecular formula is C14H12FIN2O2. The fourth-order valence-electron chi connectivity index (χ4n) is 1.63. The molecule has 0 aromatic heterocycles. The van der Waals surface area contributed by atoms with Gasteiger partial charge in [0.2, 0.25) is 0 Å². The molecule has 0 aliphatic carbocycles. The molecule has 6 heteroatoms. The second-order valence-electron chi connectivity index (χ2n) is 4.03. The molecule has 0 fully saturated rings. The first-order valence-corrected chi connectivity index (χ1v) is 6.79. The van der Waals surface area contributed by atoms with E-state index in [1.165, 1.54) is 25.3 Å². The molecule has 0 atom stereocenters. The number of benzene rings is 2. The van der Waals surface area contributed by atoms with Crippen LogP contribution in [-0.2, 0) is 0 Å². The summed E-state index contributed by atoms with van der Waals surface area (Å²) in [5, 5.41) is 2.69. The van der Waals surface area contributed by atoms with Crippen molar-refractivity contribution in [3.8, 4) is 5.75 Å². The molecule has 0 saturated carbocycles. The second kappa shape index (κ2) is 6.08. The van der Waals surface area contributed by atoms with Gasteiger partial charge in [-0.15, -0.1) is 0 Å². The van der Waals surface area contributed by atoms with Crippen LogP contribution < -0.4 is 15.8 Å². The van der Waals surface area contributed by atoms with E-state index in [-0.39, 0.29) is 11.7 Å². The first kappa shape index (κ1) is 14.6. The number of anilines is 2. The summed E-state index contributed by atoms with van der Waals surface area (Å²) in [5.41, 5.74) is 7.06. The summed E-state index contributed by atoms with van der Waals surface area (Å²) in [4.78, 5) is 12.2. The van der Waals surface area contributed by atoms with E-state index in [2.05, 4.69) is 5.32 Å². The van der Waals surface area contributed by atoms with Crippen molar-refractivity contribution in [3.63, 3.8) is 0 Å². The molecule has 0 radical (unpaired) electrons. The summed E-state index contributed by atoms with van der Waals surface area (Å²) < 4.78 is 18.6. The number of ether oxygens (including phenoxy) is 1. The highest BCUT2D eigenvalue weighted by Crippen LogP contribution is 2.25. The SMILES string of the molecule is COc1ccc(N)c(NC(=O)c2ccc(F)cc2I)c1. The first-order valence-electron chi connectivity index (χ1n) is 5.71. The van der Waals surface area contributed by atoms with Gasteiger partial charge in [0.1, 0.15) is 11.6 Å². The Morgan fingerprint density at radius 2 is 2.05 bits per heavy atom. The zero-order valence-electron chi connectivity index (χ0n) is 10.6. The van der Waals surface area contributed by atoms with Crippen LogP contribution in [0.3, 0.4) is 0 Å². The molecule has 0 aliphatic rings. The van der Waals surface area contributed by atoms with Crippen LogP contribution in [0.5, 0.6) is 5.75 Å². The minimum atomic E-state index is -0.383. The summed E-state index contributed by atoms with van der Waals surface area (Å²) in [7, 11) is 1.53. The maximum absolute atomic E-state index is 13.0. The lowest BCUT2D eigenvalue weighted by Gasteiger charge is -2.11. The van der Waals surface area contributed by atoms with Crippen LogP contribution in [-0.4, -0.2) is 13.0 Å². The van der Waals surface area contributed by atoms with Crippen LogP contribution in [0.2, 0.25) is 0 Å². The first-order chi connectivity index (χ1) is 9.51. The lowest BCUT2D eigenvalue weighted by Crippen LogP contribution is -2.14. The summed E-state index contributed by atoms with van der Waals surface area (Å²) in [6.45, 7) is 0. The fraction of sp³-hybridized carbons (Fsp3) is 0.0714. The molecule has 0 aliphatic heterocycles. The predicted octanol–water partition coefficient (Wildman–Crippen LogP) is 3.27. The average Bonchev–Trinajstić information content (AvgIpc) is 2.41. The van der Waals surface area contributed by atoms with Crippen molar-refractivity contribution < 1.29 is 13.9 Å². The van der Waals surface area contributed by atoms with Gasteiger partial charge in [-0.05, 0) is 52.9 Å². The number of carbonyl (C=O) groups excluding carboxylic acids is 1. The standard InChI is InChI=1S/C14H12FIN2O2/c1-20-9-3-5-12(17)13(7-9)18-14(19)10-4-2-8(15)6-11(10)16/h2-7H,17H2,1H3,(H,18,19). The van der Waals surface area contributed by atoms with E-state index in [0.29, 0.717) is 26.3 Å². The molecular weight excluding hydrogens is 374 g/mol. The molecule has 3 N–H and O–H groups in total. The van der Waals surface area contributed by atoms with Crippen molar-refractivity contribution in [3.05, 3.63) is 51.3 Å². The normalized spacial score (nSPS) is 10.2. The number of nitrogens with one attached hydrogen (secondary N) is 1. The highest BCUT2D eigenvalue weighted by molar-refractivity contribution is 14.1. The van der Waals surface area contributed by atoms with Crippen LogP contribution >= 0.6 is 22.6 Å². The van der Waals surface area contributed by atoms with Gasteiger partial charge in [-0.25, -0.2) is 4.39 Å². The highest BCUT2D eigenvalue weighted by Gasteiger charge is 2.12. The monoisotopic (exact) mass is 386 g/mol. The van der Waals surface area contributed by atoms with Crippen molar-refractivity contribution in [1.29, 1.82) is 0 Å². The Hall–Kier alpha value is -1.83. The number of methoxy groups -OCH3 is 1. The summed E-state index contributed by atoms with van der Waals surface area (Å²) in [6.07, 6.45) is 0. The average molecular weight is 386 g/mol. The van der Waals surface area contributed by atoms with Gasteiger partial charge in [0.15, 0.2) is 0 Å². The van der Waals surface area contributed by atoms with Crippen molar-refractivity contribution in [2.24, 2.45) is 0 Å². The molecule has 0 bridgehead atoms. The van der Waals surface area contributed by atoms with Crippen molar-refractivity contribution in [1.82, 2.24) is 0 Å². The van der Waals surface area contributed by atoms with Crippen molar-refractivity contribution in [2.45, 2.75) is 0 Å². The van der Waals surface area contributed by atoms with Crippen LogP contribution in [0.1, 0.15) is 10.4 Å². The van der Waals surface area contributed by atoms with Gasteiger partial charge < -0.3 is 15.8 Å². The number of hydrogen-bond acceptors (Lipinski definition) is 3. The zero-order chi connectivity index (χ0) is 14.7. The number of carbonyl (C=O) groups is 1. The van der Waals surface area contributed by atoms with Gasteiger partial charge in [0.25, 0.3) is 5.91 Å². The zero-order valence-corrected chi connectivity index (χ0v) is 12.8. The van der Waals surface area contributed by atoms with E-state index >= 15 is 0 Å². The van der Waals surface area contributed by atoms with Crippen molar-refractivity contribution in [2.75, 3.05) is 18.2 Å². The number of nitrogens with two attached hydrogens (primary N) is 1. The van der Waals surface area contributed by atoms with Gasteiger partial charge >= 0.3 is 0 Å². The molecule has 104 valence electrons. The molecule has 1 amide bonds. The summed E-state index contributed by atoms with van der Waals surface area (Å²) >= 11 is 1.91. The quantitative estimate of drug-likeness (QED) is 0.629. The van der Waals surface area contributed by atoms with Crippen LogP contribution in [0, 0.1) is 9.39 Å². The third kappa shape index (κ3) is 3.19. The Labute approximate surface area is 129 Å². The molecule has 4 nitrogen and oxygen atoms in total. The van der Waals surface area contributed by atoms with E-state index in [1.807, 2.05) is 22.6 Å². The van der Waals surface area contributed by atoms with Gasteiger partial charge in [0, 0.05) is 9.64 Å². The predicted molar refractivity (Wildman–Crippen MR) is 84.5 cm³/mol. The molecule has 0 saturated heterocycles.